The molecular formula is C20H16ClNO4. The van der Waals surface area contributed by atoms with Gasteiger partial charge in [0.15, 0.2) is 11.5 Å². The summed E-state index contributed by atoms with van der Waals surface area (Å²) in [5.41, 5.74) is 1.60. The first kappa shape index (κ1) is 16.5. The number of aryl methyl sites for hydroxylation is 3. The number of furan rings is 2. The van der Waals surface area contributed by atoms with E-state index in [0.29, 0.717) is 33.8 Å². The van der Waals surface area contributed by atoms with Crippen molar-refractivity contribution in [1.29, 1.82) is 0 Å². The van der Waals surface area contributed by atoms with Gasteiger partial charge in [-0.3, -0.25) is 0 Å². The maximum absolute atomic E-state index is 6.25. The van der Waals surface area contributed by atoms with Crippen molar-refractivity contribution >= 4 is 17.3 Å². The third-order valence-corrected chi connectivity index (χ3v) is 4.13. The summed E-state index contributed by atoms with van der Waals surface area (Å²) >= 11 is 6.25. The summed E-state index contributed by atoms with van der Waals surface area (Å²) in [4.78, 5) is 4.38. The fourth-order valence-electron chi connectivity index (χ4n) is 2.57. The van der Waals surface area contributed by atoms with Crippen LogP contribution in [0.3, 0.4) is 0 Å². The van der Waals surface area contributed by atoms with Crippen LogP contribution in [0.15, 0.2) is 65.1 Å². The van der Waals surface area contributed by atoms with Gasteiger partial charge >= 0.3 is 5.75 Å². The average Bonchev–Trinajstić information content (AvgIpc) is 3.30. The molecule has 0 radical (unpaired) electrons. The van der Waals surface area contributed by atoms with E-state index in [1.54, 1.807) is 0 Å². The van der Waals surface area contributed by atoms with E-state index < -0.39 is 0 Å². The van der Waals surface area contributed by atoms with Crippen molar-refractivity contribution in [2.45, 2.75) is 20.8 Å². The van der Waals surface area contributed by atoms with Gasteiger partial charge < -0.3 is 17.7 Å². The molecular weight excluding hydrogens is 354 g/mol. The number of benzene rings is 1. The van der Waals surface area contributed by atoms with Crippen LogP contribution in [0.1, 0.15) is 17.1 Å². The minimum atomic E-state index is 0.0591. The van der Waals surface area contributed by atoms with Crippen LogP contribution in [0.2, 0.25) is 5.02 Å². The molecule has 0 amide bonds. The molecule has 4 aromatic rings. The van der Waals surface area contributed by atoms with Crippen LogP contribution >= 0.6 is 11.6 Å². The standard InChI is InChI=1S/C20H16ClNO4/c1-11-4-7-15(14(21)10-11)22-20-25-18(16-8-5-12(2)23-16)19(26-20)17-9-6-13(3)24-17/h4-10H,1-3H3. The zero-order valence-electron chi connectivity index (χ0n) is 14.5. The van der Waals surface area contributed by atoms with Gasteiger partial charge in [-0.1, -0.05) is 17.7 Å². The smallest absolute Gasteiger partial charge is 0.400 e. The van der Waals surface area contributed by atoms with Gasteiger partial charge in [-0.2, -0.15) is 4.99 Å². The predicted octanol–water partition coefficient (Wildman–Crippen LogP) is 6.20. The van der Waals surface area contributed by atoms with E-state index in [4.69, 9.17) is 29.3 Å². The molecule has 0 unspecified atom stereocenters. The lowest BCUT2D eigenvalue weighted by atomic mass is 10.2. The van der Waals surface area contributed by atoms with Crippen molar-refractivity contribution in [2.24, 2.45) is 4.99 Å². The maximum atomic E-state index is 6.25. The molecule has 0 spiro atoms. The quantitative estimate of drug-likeness (QED) is 0.431. The minimum Gasteiger partial charge on any atom is -0.458 e. The molecule has 4 rings (SSSR count). The Morgan fingerprint density at radius 3 is 1.77 bits per heavy atom. The van der Waals surface area contributed by atoms with Gasteiger partial charge in [0.1, 0.15) is 11.5 Å². The van der Waals surface area contributed by atoms with Crippen molar-refractivity contribution in [3.63, 3.8) is 0 Å². The van der Waals surface area contributed by atoms with E-state index in [1.165, 1.54) is 0 Å². The first-order valence-electron chi connectivity index (χ1n) is 8.08. The monoisotopic (exact) mass is 369 g/mol. The molecule has 0 aliphatic rings. The largest absolute Gasteiger partial charge is 0.458 e. The Kier molecular flexibility index (Phi) is 4.09. The van der Waals surface area contributed by atoms with E-state index in [9.17, 15) is 0 Å². The van der Waals surface area contributed by atoms with Gasteiger partial charge in [0, 0.05) is 0 Å². The summed E-state index contributed by atoms with van der Waals surface area (Å²) in [7, 11) is 0. The molecule has 1 aromatic carbocycles. The third-order valence-electron chi connectivity index (χ3n) is 3.83. The fourth-order valence-corrected chi connectivity index (χ4v) is 2.85. The highest BCUT2D eigenvalue weighted by Crippen LogP contribution is 2.34. The molecule has 0 bridgehead atoms. The molecule has 0 N–H and O–H groups in total. The minimum absolute atomic E-state index is 0.0591. The SMILES string of the molecule is Cc1ccc(N=c2oc(-c3ccc(C)o3)c(-c3ccc(C)o3)o2)c(Cl)c1. The molecule has 132 valence electrons. The highest BCUT2D eigenvalue weighted by Gasteiger charge is 2.21. The summed E-state index contributed by atoms with van der Waals surface area (Å²) in [6.07, 6.45) is 0. The van der Waals surface area contributed by atoms with E-state index in [0.717, 1.165) is 17.1 Å². The number of hydrogen-bond donors (Lipinski definition) is 0. The zero-order valence-corrected chi connectivity index (χ0v) is 15.3. The molecule has 0 aliphatic heterocycles. The molecule has 3 aromatic heterocycles. The van der Waals surface area contributed by atoms with Gasteiger partial charge in [-0.05, 0) is 62.7 Å². The van der Waals surface area contributed by atoms with Crippen LogP contribution in [-0.4, -0.2) is 0 Å². The number of hydrogen-bond acceptors (Lipinski definition) is 5. The molecule has 0 saturated carbocycles. The summed E-state index contributed by atoms with van der Waals surface area (Å²) in [6.45, 7) is 5.68. The van der Waals surface area contributed by atoms with Crippen LogP contribution in [-0.2, 0) is 0 Å². The highest BCUT2D eigenvalue weighted by molar-refractivity contribution is 6.33. The highest BCUT2D eigenvalue weighted by atomic mass is 35.5. The molecule has 6 heteroatoms. The second kappa shape index (κ2) is 6.42. The van der Waals surface area contributed by atoms with Gasteiger partial charge in [-0.25, -0.2) is 0 Å². The summed E-state index contributed by atoms with van der Waals surface area (Å²) < 4.78 is 23.0. The topological polar surface area (TPSA) is 64.9 Å². The van der Waals surface area contributed by atoms with Crippen molar-refractivity contribution in [1.82, 2.24) is 0 Å². The molecule has 0 fully saturated rings. The first-order chi connectivity index (χ1) is 12.5. The van der Waals surface area contributed by atoms with E-state index in [-0.39, 0.29) is 5.75 Å². The molecule has 0 saturated heterocycles. The van der Waals surface area contributed by atoms with Gasteiger partial charge in [-0.15, -0.1) is 0 Å². The van der Waals surface area contributed by atoms with Gasteiger partial charge in [0.2, 0.25) is 11.5 Å². The normalized spacial score (nSPS) is 11.1. The first-order valence-corrected chi connectivity index (χ1v) is 8.46. The van der Waals surface area contributed by atoms with Gasteiger partial charge in [0.05, 0.1) is 10.7 Å². The average molecular weight is 370 g/mol. The lowest BCUT2D eigenvalue weighted by molar-refractivity contribution is 0.369. The Bertz CT molecular complexity index is 1080. The molecule has 0 aliphatic carbocycles. The second-order valence-corrected chi connectivity index (χ2v) is 6.42. The van der Waals surface area contributed by atoms with Crippen molar-refractivity contribution in [3.8, 4) is 23.0 Å². The van der Waals surface area contributed by atoms with Crippen molar-refractivity contribution in [3.05, 3.63) is 70.3 Å². The van der Waals surface area contributed by atoms with Crippen LogP contribution in [0.5, 0.6) is 0 Å². The number of halogens is 1. The predicted molar refractivity (Wildman–Crippen MR) is 97.3 cm³/mol. The Balaban J connectivity index is 1.89. The van der Waals surface area contributed by atoms with Crippen LogP contribution < -0.4 is 5.75 Å². The van der Waals surface area contributed by atoms with E-state index in [2.05, 4.69) is 4.99 Å². The zero-order chi connectivity index (χ0) is 18.3. The third kappa shape index (κ3) is 3.13. The molecule has 5 nitrogen and oxygen atoms in total. The van der Waals surface area contributed by atoms with Crippen molar-refractivity contribution in [2.75, 3.05) is 0 Å². The Hall–Kier alpha value is -2.92. The molecule has 26 heavy (non-hydrogen) atoms. The maximum Gasteiger partial charge on any atom is 0.400 e. The van der Waals surface area contributed by atoms with Crippen molar-refractivity contribution < 1.29 is 17.7 Å². The summed E-state index contributed by atoms with van der Waals surface area (Å²) in [5.74, 6) is 3.47. The Morgan fingerprint density at radius 1 is 0.731 bits per heavy atom. The Labute approximate surface area is 154 Å². The number of nitrogens with zero attached hydrogens (tertiary/aromatic N) is 1. The molecule has 0 atom stereocenters. The lowest BCUT2D eigenvalue weighted by Gasteiger charge is -1.96. The van der Waals surface area contributed by atoms with Crippen LogP contribution in [0, 0.1) is 20.8 Å². The fraction of sp³-hybridized carbons (Fsp3) is 0.150. The second-order valence-electron chi connectivity index (χ2n) is 6.02. The summed E-state index contributed by atoms with van der Waals surface area (Å²) in [6, 6.07) is 12.9. The Morgan fingerprint density at radius 2 is 1.31 bits per heavy atom. The van der Waals surface area contributed by atoms with E-state index >= 15 is 0 Å². The lowest BCUT2D eigenvalue weighted by Crippen LogP contribution is -1.92. The molecule has 3 heterocycles. The number of rotatable bonds is 3. The summed E-state index contributed by atoms with van der Waals surface area (Å²) in [5, 5.41) is 0.516. The van der Waals surface area contributed by atoms with Gasteiger partial charge in [0.25, 0.3) is 0 Å². The van der Waals surface area contributed by atoms with Crippen LogP contribution in [0.4, 0.5) is 5.69 Å². The van der Waals surface area contributed by atoms with E-state index in [1.807, 2.05) is 63.2 Å². The van der Waals surface area contributed by atoms with Crippen LogP contribution in [0.25, 0.3) is 23.0 Å².